The van der Waals surface area contributed by atoms with Gasteiger partial charge in [-0.05, 0) is 50.5 Å². The molecule has 1 amide bonds. The van der Waals surface area contributed by atoms with E-state index in [0.29, 0.717) is 0 Å². The number of benzene rings is 2. The number of carbonyl (C=O) groups excluding carboxylic acids is 1. The molecule has 0 aliphatic heterocycles. The number of fused-ring (bicyclic) bond motifs is 1. The molecule has 0 spiro atoms. The third-order valence-corrected chi connectivity index (χ3v) is 4.72. The molecule has 3 rings (SSSR count). The van der Waals surface area contributed by atoms with Crippen molar-refractivity contribution >= 4 is 16.8 Å². The Kier molecular flexibility index (Phi) is 4.94. The Balaban J connectivity index is 1.94. The number of amides is 1. The van der Waals surface area contributed by atoms with Crippen LogP contribution in [0.4, 0.5) is 0 Å². The van der Waals surface area contributed by atoms with Gasteiger partial charge in [0.25, 0.3) is 5.56 Å². The standard InChI is InChI=1S/C22H24N2O2/c1-14-10-16(3)22-19(11-14)15(2)12-21(26)24(22)13-20(25)23-17(4)18-8-6-5-7-9-18/h5-12,17H,13H2,1-4H3,(H,23,25). The minimum absolute atomic E-state index is 0.0106. The number of nitrogens with zero attached hydrogens (tertiary/aromatic N) is 1. The lowest BCUT2D eigenvalue weighted by Crippen LogP contribution is -2.34. The third-order valence-electron chi connectivity index (χ3n) is 4.72. The van der Waals surface area contributed by atoms with Crippen LogP contribution in [0.2, 0.25) is 0 Å². The zero-order valence-corrected chi connectivity index (χ0v) is 15.7. The van der Waals surface area contributed by atoms with Gasteiger partial charge in [0.15, 0.2) is 0 Å². The van der Waals surface area contributed by atoms with Crippen LogP contribution in [0.5, 0.6) is 0 Å². The number of aromatic nitrogens is 1. The molecule has 0 aliphatic rings. The first-order valence-electron chi connectivity index (χ1n) is 8.82. The molecule has 0 saturated carbocycles. The van der Waals surface area contributed by atoms with Crippen molar-refractivity contribution in [3.8, 4) is 0 Å². The highest BCUT2D eigenvalue weighted by Gasteiger charge is 2.14. The number of carbonyl (C=O) groups is 1. The molecule has 1 atom stereocenters. The minimum Gasteiger partial charge on any atom is -0.348 e. The first-order chi connectivity index (χ1) is 12.4. The summed E-state index contributed by atoms with van der Waals surface area (Å²) in [6.45, 7) is 7.91. The van der Waals surface area contributed by atoms with Gasteiger partial charge in [-0.15, -0.1) is 0 Å². The van der Waals surface area contributed by atoms with Gasteiger partial charge in [-0.3, -0.25) is 14.2 Å². The molecule has 1 N–H and O–H groups in total. The maximum atomic E-state index is 12.6. The average Bonchev–Trinajstić information content (AvgIpc) is 2.59. The number of nitrogens with one attached hydrogen (secondary N) is 1. The van der Waals surface area contributed by atoms with Gasteiger partial charge in [0.2, 0.25) is 5.91 Å². The molecule has 0 aliphatic carbocycles. The zero-order chi connectivity index (χ0) is 18.8. The zero-order valence-electron chi connectivity index (χ0n) is 15.7. The maximum Gasteiger partial charge on any atom is 0.251 e. The molecule has 3 aromatic rings. The van der Waals surface area contributed by atoms with E-state index in [1.54, 1.807) is 10.6 Å². The van der Waals surface area contributed by atoms with E-state index in [9.17, 15) is 9.59 Å². The summed E-state index contributed by atoms with van der Waals surface area (Å²) in [5, 5.41) is 4.00. The van der Waals surface area contributed by atoms with Crippen molar-refractivity contribution in [1.29, 1.82) is 0 Å². The van der Waals surface area contributed by atoms with Crippen LogP contribution >= 0.6 is 0 Å². The number of hydrogen-bond acceptors (Lipinski definition) is 2. The molecule has 26 heavy (non-hydrogen) atoms. The fraction of sp³-hybridized carbons (Fsp3) is 0.273. The fourth-order valence-electron chi connectivity index (χ4n) is 3.48. The van der Waals surface area contributed by atoms with E-state index in [1.165, 1.54) is 0 Å². The quantitative estimate of drug-likeness (QED) is 0.779. The van der Waals surface area contributed by atoms with Gasteiger partial charge in [0.05, 0.1) is 11.6 Å². The minimum atomic E-state index is -0.173. The number of rotatable bonds is 4. The lowest BCUT2D eigenvalue weighted by atomic mass is 10.0. The number of pyridine rings is 1. The monoisotopic (exact) mass is 348 g/mol. The predicted octanol–water partition coefficient (Wildman–Crippen LogP) is 3.80. The van der Waals surface area contributed by atoms with Crippen LogP contribution in [0, 0.1) is 20.8 Å². The van der Waals surface area contributed by atoms with Crippen molar-refractivity contribution in [1.82, 2.24) is 9.88 Å². The van der Waals surface area contributed by atoms with Gasteiger partial charge in [-0.25, -0.2) is 0 Å². The van der Waals surface area contributed by atoms with Gasteiger partial charge < -0.3 is 5.32 Å². The molecule has 4 nitrogen and oxygen atoms in total. The van der Waals surface area contributed by atoms with E-state index >= 15 is 0 Å². The molecular formula is C22H24N2O2. The van der Waals surface area contributed by atoms with E-state index < -0.39 is 0 Å². The Labute approximate surface area is 153 Å². The second kappa shape index (κ2) is 7.16. The number of hydrogen-bond donors (Lipinski definition) is 1. The Morgan fingerprint density at radius 3 is 2.42 bits per heavy atom. The first kappa shape index (κ1) is 17.9. The summed E-state index contributed by atoms with van der Waals surface area (Å²) in [4.78, 5) is 25.1. The van der Waals surface area contributed by atoms with Crippen molar-refractivity contribution < 1.29 is 4.79 Å². The van der Waals surface area contributed by atoms with Crippen molar-refractivity contribution in [3.05, 3.63) is 81.1 Å². The maximum absolute atomic E-state index is 12.6. The Morgan fingerprint density at radius 2 is 1.73 bits per heavy atom. The summed E-state index contributed by atoms with van der Waals surface area (Å²) in [6.07, 6.45) is 0. The van der Waals surface area contributed by atoms with E-state index in [1.807, 2.05) is 64.1 Å². The lowest BCUT2D eigenvalue weighted by molar-refractivity contribution is -0.122. The van der Waals surface area contributed by atoms with Crippen LogP contribution in [-0.2, 0) is 11.3 Å². The molecule has 4 heteroatoms. The molecule has 0 radical (unpaired) electrons. The van der Waals surface area contributed by atoms with E-state index in [0.717, 1.165) is 33.2 Å². The molecule has 2 aromatic carbocycles. The van der Waals surface area contributed by atoms with Crippen LogP contribution in [0.3, 0.4) is 0 Å². The molecule has 0 fully saturated rings. The van der Waals surface area contributed by atoms with Crippen LogP contribution < -0.4 is 10.9 Å². The molecule has 1 heterocycles. The third kappa shape index (κ3) is 3.54. The second-order valence-corrected chi connectivity index (χ2v) is 6.93. The SMILES string of the molecule is Cc1cc(C)c2c(c1)c(C)cc(=O)n2CC(=O)NC(C)c1ccccc1. The first-order valence-corrected chi connectivity index (χ1v) is 8.82. The summed E-state index contributed by atoms with van der Waals surface area (Å²) in [5.41, 5.74) is 4.81. The Morgan fingerprint density at radius 1 is 1.04 bits per heavy atom. The van der Waals surface area contributed by atoms with E-state index in [4.69, 9.17) is 0 Å². The summed E-state index contributed by atoms with van der Waals surface area (Å²) in [7, 11) is 0. The smallest absolute Gasteiger partial charge is 0.251 e. The molecular weight excluding hydrogens is 324 g/mol. The van der Waals surface area contributed by atoms with Crippen molar-refractivity contribution in [2.45, 2.75) is 40.3 Å². The molecule has 0 saturated heterocycles. The van der Waals surface area contributed by atoms with Crippen LogP contribution in [0.15, 0.2) is 53.3 Å². The van der Waals surface area contributed by atoms with Crippen molar-refractivity contribution in [2.75, 3.05) is 0 Å². The van der Waals surface area contributed by atoms with Gasteiger partial charge in [-0.1, -0.05) is 42.0 Å². The van der Waals surface area contributed by atoms with E-state index in [2.05, 4.69) is 11.4 Å². The van der Waals surface area contributed by atoms with Gasteiger partial charge in [-0.2, -0.15) is 0 Å². The van der Waals surface area contributed by atoms with Gasteiger partial charge in [0.1, 0.15) is 6.54 Å². The fourth-order valence-corrected chi connectivity index (χ4v) is 3.48. The van der Waals surface area contributed by atoms with E-state index in [-0.39, 0.29) is 24.1 Å². The summed E-state index contributed by atoms with van der Waals surface area (Å²) in [5.74, 6) is -0.173. The summed E-state index contributed by atoms with van der Waals surface area (Å²) < 4.78 is 1.57. The molecule has 1 aromatic heterocycles. The van der Waals surface area contributed by atoms with Gasteiger partial charge in [0, 0.05) is 11.5 Å². The summed E-state index contributed by atoms with van der Waals surface area (Å²) >= 11 is 0. The van der Waals surface area contributed by atoms with Crippen LogP contribution in [-0.4, -0.2) is 10.5 Å². The van der Waals surface area contributed by atoms with Crippen molar-refractivity contribution in [3.63, 3.8) is 0 Å². The highest BCUT2D eigenvalue weighted by atomic mass is 16.2. The van der Waals surface area contributed by atoms with Crippen molar-refractivity contribution in [2.24, 2.45) is 0 Å². The second-order valence-electron chi connectivity index (χ2n) is 6.93. The average molecular weight is 348 g/mol. The number of aryl methyl sites for hydroxylation is 3. The molecule has 1 unspecified atom stereocenters. The van der Waals surface area contributed by atoms with Crippen LogP contribution in [0.25, 0.3) is 10.9 Å². The lowest BCUT2D eigenvalue weighted by Gasteiger charge is -2.17. The highest BCUT2D eigenvalue weighted by Crippen LogP contribution is 2.22. The largest absolute Gasteiger partial charge is 0.348 e. The van der Waals surface area contributed by atoms with Crippen LogP contribution in [0.1, 0.15) is 35.2 Å². The Bertz CT molecular complexity index is 1020. The van der Waals surface area contributed by atoms with Gasteiger partial charge >= 0.3 is 0 Å². The summed E-state index contributed by atoms with van der Waals surface area (Å²) in [6, 6.07) is 15.4. The highest BCUT2D eigenvalue weighted by molar-refractivity contribution is 5.87. The topological polar surface area (TPSA) is 51.1 Å². The molecule has 134 valence electrons. The predicted molar refractivity (Wildman–Crippen MR) is 105 cm³/mol. The molecule has 0 bridgehead atoms. The normalized spacial score (nSPS) is 12.2. The Hall–Kier alpha value is -2.88.